The minimum absolute atomic E-state index is 0.0438. The second kappa shape index (κ2) is 5.61. The van der Waals surface area contributed by atoms with Gasteiger partial charge in [0.1, 0.15) is 6.61 Å². The molecule has 0 radical (unpaired) electrons. The van der Waals surface area contributed by atoms with Crippen LogP contribution in [0, 0.1) is 5.92 Å². The lowest BCUT2D eigenvalue weighted by atomic mass is 9.85. The van der Waals surface area contributed by atoms with Crippen molar-refractivity contribution in [3.63, 3.8) is 0 Å². The molecule has 1 saturated carbocycles. The van der Waals surface area contributed by atoms with Gasteiger partial charge in [-0.05, 0) is 32.2 Å². The van der Waals surface area contributed by atoms with Gasteiger partial charge in [-0.3, -0.25) is 0 Å². The van der Waals surface area contributed by atoms with E-state index in [9.17, 15) is 8.78 Å². The molecule has 14 heavy (non-hydrogen) atoms. The van der Waals surface area contributed by atoms with Crippen molar-refractivity contribution >= 4 is 0 Å². The fourth-order valence-corrected chi connectivity index (χ4v) is 2.04. The number of rotatable bonds is 4. The summed E-state index contributed by atoms with van der Waals surface area (Å²) in [7, 11) is 1.86. The van der Waals surface area contributed by atoms with E-state index in [1.165, 1.54) is 0 Å². The SMILES string of the molecule is CNC1CCC(C)CC1OCC(F)F. The van der Waals surface area contributed by atoms with Gasteiger partial charge in [-0.2, -0.15) is 0 Å². The highest BCUT2D eigenvalue weighted by Gasteiger charge is 2.28. The van der Waals surface area contributed by atoms with Crippen LogP contribution in [0.15, 0.2) is 0 Å². The summed E-state index contributed by atoms with van der Waals surface area (Å²) in [4.78, 5) is 0. The highest BCUT2D eigenvalue weighted by Crippen LogP contribution is 2.26. The zero-order valence-corrected chi connectivity index (χ0v) is 8.80. The van der Waals surface area contributed by atoms with Crippen LogP contribution in [0.3, 0.4) is 0 Å². The molecular weight excluding hydrogens is 188 g/mol. The smallest absolute Gasteiger partial charge is 0.261 e. The van der Waals surface area contributed by atoms with Gasteiger partial charge in [0.05, 0.1) is 6.10 Å². The molecule has 3 atom stereocenters. The van der Waals surface area contributed by atoms with E-state index in [0.717, 1.165) is 19.3 Å². The molecule has 1 aliphatic carbocycles. The molecule has 1 aliphatic rings. The Balaban J connectivity index is 2.36. The Morgan fingerprint density at radius 1 is 1.43 bits per heavy atom. The molecular formula is C10H19F2NO. The quantitative estimate of drug-likeness (QED) is 0.761. The van der Waals surface area contributed by atoms with E-state index in [0.29, 0.717) is 5.92 Å². The minimum Gasteiger partial charge on any atom is -0.371 e. The van der Waals surface area contributed by atoms with Crippen LogP contribution in [0.4, 0.5) is 8.78 Å². The van der Waals surface area contributed by atoms with Gasteiger partial charge >= 0.3 is 0 Å². The van der Waals surface area contributed by atoms with Gasteiger partial charge in [0.25, 0.3) is 6.43 Å². The minimum atomic E-state index is -2.36. The summed E-state index contributed by atoms with van der Waals surface area (Å²) in [6.45, 7) is 1.71. The first-order valence-electron chi connectivity index (χ1n) is 5.20. The molecule has 0 aromatic carbocycles. The lowest BCUT2D eigenvalue weighted by molar-refractivity contribution is -0.0558. The molecule has 84 valence electrons. The molecule has 0 aromatic heterocycles. The largest absolute Gasteiger partial charge is 0.371 e. The summed E-state index contributed by atoms with van der Waals surface area (Å²) in [6, 6.07) is 0.241. The normalized spacial score (nSPS) is 33.6. The number of ether oxygens (including phenoxy) is 1. The summed E-state index contributed by atoms with van der Waals surface area (Å²) in [5.41, 5.74) is 0. The Morgan fingerprint density at radius 3 is 2.71 bits per heavy atom. The number of nitrogens with one attached hydrogen (secondary N) is 1. The Bertz CT molecular complexity index is 166. The van der Waals surface area contributed by atoms with Crippen molar-refractivity contribution in [2.24, 2.45) is 5.92 Å². The fourth-order valence-electron chi connectivity index (χ4n) is 2.04. The van der Waals surface area contributed by atoms with Crippen LogP contribution in [0.2, 0.25) is 0 Å². The van der Waals surface area contributed by atoms with Crippen molar-refractivity contribution in [3.05, 3.63) is 0 Å². The number of likely N-dealkylation sites (N-methyl/N-ethyl adjacent to an activating group) is 1. The Kier molecular flexibility index (Phi) is 4.75. The fraction of sp³-hybridized carbons (Fsp3) is 1.00. The van der Waals surface area contributed by atoms with Crippen molar-refractivity contribution in [2.45, 2.75) is 44.8 Å². The van der Waals surface area contributed by atoms with Gasteiger partial charge in [0, 0.05) is 6.04 Å². The summed E-state index contributed by atoms with van der Waals surface area (Å²) in [6.07, 6.45) is 0.659. The van der Waals surface area contributed by atoms with Gasteiger partial charge in [-0.25, -0.2) is 8.78 Å². The average Bonchev–Trinajstić information content (AvgIpc) is 2.15. The summed E-state index contributed by atoms with van der Waals surface area (Å²) in [5, 5.41) is 3.13. The van der Waals surface area contributed by atoms with Crippen molar-refractivity contribution in [3.8, 4) is 0 Å². The maximum atomic E-state index is 12.0. The lowest BCUT2D eigenvalue weighted by Gasteiger charge is -2.34. The van der Waals surface area contributed by atoms with Crippen LogP contribution in [-0.4, -0.2) is 32.2 Å². The van der Waals surface area contributed by atoms with Crippen molar-refractivity contribution < 1.29 is 13.5 Å². The van der Waals surface area contributed by atoms with Gasteiger partial charge in [0.15, 0.2) is 0 Å². The predicted octanol–water partition coefficient (Wildman–Crippen LogP) is 2.04. The third-order valence-electron chi connectivity index (χ3n) is 2.86. The second-order valence-electron chi connectivity index (χ2n) is 4.08. The Labute approximate surface area is 84.0 Å². The molecule has 0 bridgehead atoms. The van der Waals surface area contributed by atoms with Crippen LogP contribution in [0.1, 0.15) is 26.2 Å². The van der Waals surface area contributed by atoms with E-state index in [2.05, 4.69) is 12.2 Å². The maximum Gasteiger partial charge on any atom is 0.261 e. The summed E-state index contributed by atoms with van der Waals surface area (Å²) in [5.74, 6) is 0.585. The van der Waals surface area contributed by atoms with Crippen LogP contribution in [0.5, 0.6) is 0 Å². The van der Waals surface area contributed by atoms with Crippen LogP contribution in [0.25, 0.3) is 0 Å². The first-order valence-corrected chi connectivity index (χ1v) is 5.20. The zero-order chi connectivity index (χ0) is 10.6. The van der Waals surface area contributed by atoms with E-state index in [-0.39, 0.29) is 12.1 Å². The van der Waals surface area contributed by atoms with Crippen molar-refractivity contribution in [2.75, 3.05) is 13.7 Å². The van der Waals surface area contributed by atoms with E-state index in [1.807, 2.05) is 7.05 Å². The zero-order valence-electron chi connectivity index (χ0n) is 8.80. The van der Waals surface area contributed by atoms with E-state index < -0.39 is 13.0 Å². The highest BCUT2D eigenvalue weighted by molar-refractivity contribution is 4.83. The average molecular weight is 207 g/mol. The number of alkyl halides is 2. The molecule has 4 heteroatoms. The standard InChI is InChI=1S/C10H19F2NO/c1-7-3-4-8(13-2)9(5-7)14-6-10(11)12/h7-10,13H,3-6H2,1-2H3. The molecule has 0 saturated heterocycles. The molecule has 1 rings (SSSR count). The lowest BCUT2D eigenvalue weighted by Crippen LogP contribution is -2.44. The van der Waals surface area contributed by atoms with Gasteiger partial charge in [-0.15, -0.1) is 0 Å². The summed E-state index contributed by atoms with van der Waals surface area (Å²) >= 11 is 0. The van der Waals surface area contributed by atoms with Crippen LogP contribution < -0.4 is 5.32 Å². The third-order valence-corrected chi connectivity index (χ3v) is 2.86. The molecule has 2 nitrogen and oxygen atoms in total. The summed E-state index contributed by atoms with van der Waals surface area (Å²) < 4.78 is 29.2. The second-order valence-corrected chi connectivity index (χ2v) is 4.08. The first-order chi connectivity index (χ1) is 6.63. The maximum absolute atomic E-state index is 12.0. The Hall–Kier alpha value is -0.220. The van der Waals surface area contributed by atoms with Gasteiger partial charge in [0.2, 0.25) is 0 Å². The Morgan fingerprint density at radius 2 is 2.14 bits per heavy atom. The molecule has 0 spiro atoms. The van der Waals surface area contributed by atoms with Gasteiger partial charge in [-0.1, -0.05) is 6.92 Å². The highest BCUT2D eigenvalue weighted by atomic mass is 19.3. The van der Waals surface area contributed by atoms with E-state index in [4.69, 9.17) is 4.74 Å². The molecule has 0 heterocycles. The topological polar surface area (TPSA) is 21.3 Å². The molecule has 0 aliphatic heterocycles. The van der Waals surface area contributed by atoms with Crippen LogP contribution in [-0.2, 0) is 4.74 Å². The predicted molar refractivity (Wildman–Crippen MR) is 51.6 cm³/mol. The monoisotopic (exact) mass is 207 g/mol. The van der Waals surface area contributed by atoms with Crippen molar-refractivity contribution in [1.29, 1.82) is 0 Å². The van der Waals surface area contributed by atoms with E-state index in [1.54, 1.807) is 0 Å². The number of halogens is 2. The number of hydrogen-bond donors (Lipinski definition) is 1. The molecule has 3 unspecified atom stereocenters. The number of hydrogen-bond acceptors (Lipinski definition) is 2. The van der Waals surface area contributed by atoms with E-state index >= 15 is 0 Å². The third kappa shape index (κ3) is 3.50. The van der Waals surface area contributed by atoms with Gasteiger partial charge < -0.3 is 10.1 Å². The van der Waals surface area contributed by atoms with Crippen molar-refractivity contribution in [1.82, 2.24) is 5.32 Å². The first kappa shape index (κ1) is 11.9. The molecule has 0 amide bonds. The molecule has 1 N–H and O–H groups in total. The molecule has 1 fully saturated rings. The molecule has 0 aromatic rings. The van der Waals surface area contributed by atoms with Crippen LogP contribution >= 0.6 is 0 Å².